The largest absolute Gasteiger partial charge is 0.573 e. The summed E-state index contributed by atoms with van der Waals surface area (Å²) in [5.41, 5.74) is 1.64. The van der Waals surface area contributed by atoms with E-state index in [1.165, 1.54) is 12.3 Å². The number of amides is 1. The Balaban J connectivity index is 1.72. The van der Waals surface area contributed by atoms with E-state index in [0.717, 1.165) is 30.5 Å². The smallest absolute Gasteiger partial charge is 0.406 e. The second-order valence-corrected chi connectivity index (χ2v) is 8.30. The molecule has 1 fully saturated rings. The van der Waals surface area contributed by atoms with Crippen molar-refractivity contribution in [2.75, 3.05) is 25.1 Å². The van der Waals surface area contributed by atoms with Gasteiger partial charge in [-0.3, -0.25) is 4.79 Å². The first-order valence-corrected chi connectivity index (χ1v) is 10.7. The van der Waals surface area contributed by atoms with E-state index < -0.39 is 12.1 Å². The van der Waals surface area contributed by atoms with Gasteiger partial charge in [0.15, 0.2) is 0 Å². The highest BCUT2D eigenvalue weighted by Crippen LogP contribution is 2.32. The molecule has 0 aliphatic carbocycles. The van der Waals surface area contributed by atoms with Crippen LogP contribution in [0.5, 0.6) is 5.75 Å². The number of rotatable bonds is 7. The molecule has 2 heterocycles. The maximum absolute atomic E-state index is 12.8. The van der Waals surface area contributed by atoms with Crippen LogP contribution in [0.3, 0.4) is 0 Å². The Kier molecular flexibility index (Phi) is 7.84. The summed E-state index contributed by atoms with van der Waals surface area (Å²) in [7, 11) is 0. The number of carbonyl (C=O) groups is 1. The number of nitrogens with zero attached hydrogens (tertiary/aromatic N) is 1. The highest BCUT2D eigenvalue weighted by Gasteiger charge is 2.31. The van der Waals surface area contributed by atoms with E-state index in [1.54, 1.807) is 6.07 Å². The quantitative estimate of drug-likeness (QED) is 0.545. The van der Waals surface area contributed by atoms with Crippen LogP contribution in [-0.2, 0) is 4.74 Å². The number of anilines is 2. The van der Waals surface area contributed by atoms with Crippen LogP contribution in [0, 0.1) is 5.92 Å². The topological polar surface area (TPSA) is 72.5 Å². The van der Waals surface area contributed by atoms with Gasteiger partial charge in [-0.2, -0.15) is 0 Å². The van der Waals surface area contributed by atoms with Gasteiger partial charge in [0.2, 0.25) is 0 Å². The normalized spacial score (nSPS) is 15.0. The molecule has 0 atom stereocenters. The van der Waals surface area contributed by atoms with Gasteiger partial charge >= 0.3 is 6.36 Å². The van der Waals surface area contributed by atoms with Gasteiger partial charge in [0.1, 0.15) is 11.6 Å². The van der Waals surface area contributed by atoms with Crippen molar-refractivity contribution in [2.24, 2.45) is 5.92 Å². The van der Waals surface area contributed by atoms with Crippen LogP contribution in [0.2, 0.25) is 5.02 Å². The predicted octanol–water partition coefficient (Wildman–Crippen LogP) is 5.66. The molecule has 1 aliphatic heterocycles. The zero-order valence-corrected chi connectivity index (χ0v) is 18.5. The Morgan fingerprint density at radius 2 is 2.00 bits per heavy atom. The number of halogens is 4. The van der Waals surface area contributed by atoms with Gasteiger partial charge < -0.3 is 20.1 Å². The molecular formula is C22H25ClF3N3O3. The van der Waals surface area contributed by atoms with Gasteiger partial charge in [-0.1, -0.05) is 25.4 Å². The fourth-order valence-corrected chi connectivity index (χ4v) is 3.64. The van der Waals surface area contributed by atoms with E-state index in [1.807, 2.05) is 13.8 Å². The minimum atomic E-state index is -4.80. The average Bonchev–Trinajstić information content (AvgIpc) is 2.73. The lowest BCUT2D eigenvalue weighted by Gasteiger charge is -2.22. The van der Waals surface area contributed by atoms with Gasteiger partial charge in [0, 0.05) is 32.0 Å². The molecule has 0 bridgehead atoms. The number of nitrogens with one attached hydrogen (secondary N) is 2. The highest BCUT2D eigenvalue weighted by atomic mass is 35.5. The summed E-state index contributed by atoms with van der Waals surface area (Å²) in [5, 5.41) is 6.01. The maximum atomic E-state index is 12.8. The molecule has 0 unspecified atom stereocenters. The van der Waals surface area contributed by atoms with E-state index in [4.69, 9.17) is 16.3 Å². The van der Waals surface area contributed by atoms with Crippen molar-refractivity contribution in [3.05, 3.63) is 46.6 Å². The standard InChI is InChI=1S/C22H25ClF3N3O3/c1-13(2)16-10-20(29-19-4-3-15(9-18(19)23)32-22(24,25)26)27-12-17(16)21(30)28-11-14-5-7-31-8-6-14/h3-4,9-10,12-14H,5-8,11H2,1-2H3,(H,27,29)(H,28,30). The molecule has 1 amide bonds. The van der Waals surface area contributed by atoms with Gasteiger partial charge in [0.05, 0.1) is 16.3 Å². The molecule has 6 nitrogen and oxygen atoms in total. The predicted molar refractivity (Wildman–Crippen MR) is 116 cm³/mol. The van der Waals surface area contributed by atoms with Crippen molar-refractivity contribution in [3.8, 4) is 5.75 Å². The zero-order valence-electron chi connectivity index (χ0n) is 17.8. The lowest BCUT2D eigenvalue weighted by molar-refractivity contribution is -0.274. The van der Waals surface area contributed by atoms with E-state index in [9.17, 15) is 18.0 Å². The molecule has 1 aromatic carbocycles. The van der Waals surface area contributed by atoms with Gasteiger partial charge in [0.25, 0.3) is 5.91 Å². The van der Waals surface area contributed by atoms with Gasteiger partial charge in [-0.05, 0) is 48.4 Å². The van der Waals surface area contributed by atoms with E-state index in [0.29, 0.717) is 42.7 Å². The van der Waals surface area contributed by atoms with Crippen molar-refractivity contribution < 1.29 is 27.4 Å². The van der Waals surface area contributed by atoms with Crippen LogP contribution < -0.4 is 15.4 Å². The molecule has 1 aliphatic rings. The van der Waals surface area contributed by atoms with Crippen LogP contribution in [0.25, 0.3) is 0 Å². The van der Waals surface area contributed by atoms with Crippen molar-refractivity contribution in [1.82, 2.24) is 10.3 Å². The number of hydrogen-bond acceptors (Lipinski definition) is 5. The summed E-state index contributed by atoms with van der Waals surface area (Å²) >= 11 is 6.10. The highest BCUT2D eigenvalue weighted by molar-refractivity contribution is 6.33. The van der Waals surface area contributed by atoms with E-state index in [-0.39, 0.29) is 16.8 Å². The SMILES string of the molecule is CC(C)c1cc(Nc2ccc(OC(F)(F)F)cc2Cl)ncc1C(=O)NCC1CCOCC1. The number of alkyl halides is 3. The Morgan fingerprint density at radius 3 is 2.62 bits per heavy atom. The number of aromatic nitrogens is 1. The molecule has 2 N–H and O–H groups in total. The van der Waals surface area contributed by atoms with Crippen molar-refractivity contribution in [1.29, 1.82) is 0 Å². The van der Waals surface area contributed by atoms with Crippen LogP contribution in [0.1, 0.15) is 48.5 Å². The molecule has 1 aromatic heterocycles. The Bertz CT molecular complexity index is 948. The maximum Gasteiger partial charge on any atom is 0.573 e. The summed E-state index contributed by atoms with van der Waals surface area (Å²) < 4.78 is 46.3. The van der Waals surface area contributed by atoms with Crippen LogP contribution >= 0.6 is 11.6 Å². The molecule has 174 valence electrons. The third kappa shape index (κ3) is 6.74. The van der Waals surface area contributed by atoms with Gasteiger partial charge in [-0.25, -0.2) is 4.98 Å². The number of pyridine rings is 1. The zero-order chi connectivity index (χ0) is 23.3. The minimum absolute atomic E-state index is 0.0397. The fourth-order valence-electron chi connectivity index (χ4n) is 3.42. The summed E-state index contributed by atoms with van der Waals surface area (Å²) in [6, 6.07) is 5.33. The van der Waals surface area contributed by atoms with Crippen molar-refractivity contribution in [3.63, 3.8) is 0 Å². The van der Waals surface area contributed by atoms with Crippen molar-refractivity contribution >= 4 is 29.0 Å². The monoisotopic (exact) mass is 471 g/mol. The number of hydrogen-bond donors (Lipinski definition) is 2. The summed E-state index contributed by atoms with van der Waals surface area (Å²) in [6.07, 6.45) is -1.46. The summed E-state index contributed by atoms with van der Waals surface area (Å²) in [4.78, 5) is 17.1. The molecule has 2 aromatic rings. The summed E-state index contributed by atoms with van der Waals surface area (Å²) in [5.74, 6) is 0.253. The number of carbonyl (C=O) groups excluding carboxylic acids is 1. The second kappa shape index (κ2) is 10.4. The molecule has 0 saturated carbocycles. The van der Waals surface area contributed by atoms with Crippen LogP contribution in [-0.4, -0.2) is 37.0 Å². The summed E-state index contributed by atoms with van der Waals surface area (Å²) in [6.45, 7) is 5.94. The van der Waals surface area contributed by atoms with Crippen molar-refractivity contribution in [2.45, 2.75) is 39.0 Å². The molecule has 10 heteroatoms. The van der Waals surface area contributed by atoms with E-state index >= 15 is 0 Å². The number of benzene rings is 1. The Morgan fingerprint density at radius 1 is 1.28 bits per heavy atom. The molecule has 32 heavy (non-hydrogen) atoms. The molecule has 1 saturated heterocycles. The molecular weight excluding hydrogens is 447 g/mol. The lowest BCUT2D eigenvalue weighted by Crippen LogP contribution is -2.32. The lowest BCUT2D eigenvalue weighted by atomic mass is 9.97. The first-order valence-electron chi connectivity index (χ1n) is 10.3. The Hall–Kier alpha value is -2.52. The minimum Gasteiger partial charge on any atom is -0.406 e. The van der Waals surface area contributed by atoms with E-state index in [2.05, 4.69) is 20.4 Å². The third-order valence-electron chi connectivity index (χ3n) is 5.13. The molecule has 3 rings (SSSR count). The first kappa shape index (κ1) is 24.1. The second-order valence-electron chi connectivity index (χ2n) is 7.89. The van der Waals surface area contributed by atoms with Crippen LogP contribution in [0.15, 0.2) is 30.5 Å². The third-order valence-corrected chi connectivity index (χ3v) is 5.44. The first-order chi connectivity index (χ1) is 15.1. The Labute approximate surface area is 189 Å². The average molecular weight is 472 g/mol. The van der Waals surface area contributed by atoms with Crippen LogP contribution in [0.4, 0.5) is 24.7 Å². The fraction of sp³-hybridized carbons (Fsp3) is 0.455. The molecule has 0 spiro atoms. The van der Waals surface area contributed by atoms with Gasteiger partial charge in [-0.15, -0.1) is 13.2 Å². The molecule has 0 radical (unpaired) electrons. The number of ether oxygens (including phenoxy) is 2.